The number of thioether (sulfide) groups is 1. The molecule has 3 nitrogen and oxygen atoms in total. The van der Waals surface area contributed by atoms with Gasteiger partial charge in [0.05, 0.1) is 0 Å². The summed E-state index contributed by atoms with van der Waals surface area (Å²) in [5.74, 6) is 1.55. The molecule has 0 aliphatic rings. The Morgan fingerprint density at radius 3 is 2.71 bits per heavy atom. The van der Waals surface area contributed by atoms with Crippen LogP contribution in [0.1, 0.15) is 26.3 Å². The number of rotatable bonds is 5. The number of nitrogens with two attached hydrogens (primary N) is 1. The number of hydrogen-bond acceptors (Lipinski definition) is 4. The van der Waals surface area contributed by atoms with Gasteiger partial charge in [-0.3, -0.25) is 0 Å². The molecule has 0 saturated carbocycles. The van der Waals surface area contributed by atoms with E-state index in [1.807, 2.05) is 32.0 Å². The molecular formula is C13H18N2OS. The van der Waals surface area contributed by atoms with Crippen LogP contribution in [0.15, 0.2) is 23.1 Å². The van der Waals surface area contributed by atoms with Crippen molar-refractivity contribution in [1.82, 2.24) is 0 Å². The highest BCUT2D eigenvalue weighted by atomic mass is 32.2. The number of benzene rings is 1. The molecule has 0 bridgehead atoms. The van der Waals surface area contributed by atoms with E-state index < -0.39 is 5.54 Å². The lowest BCUT2D eigenvalue weighted by molar-refractivity contribution is 0.242. The molecule has 92 valence electrons. The molecule has 0 amide bonds. The molecule has 1 rings (SSSR count). The molecule has 0 fully saturated rings. The van der Waals surface area contributed by atoms with Gasteiger partial charge in [-0.05, 0) is 31.7 Å². The van der Waals surface area contributed by atoms with Gasteiger partial charge in [0, 0.05) is 10.4 Å². The molecule has 0 heterocycles. The number of nitriles is 1. The number of hydrogen-bond donors (Lipinski definition) is 1. The Balaban J connectivity index is 2.92. The summed E-state index contributed by atoms with van der Waals surface area (Å²) in [4.78, 5) is 0.960. The molecule has 0 saturated heterocycles. The second-order valence-corrected chi connectivity index (χ2v) is 5.76. The lowest BCUT2D eigenvalue weighted by Gasteiger charge is -2.20. The quantitative estimate of drug-likeness (QED) is 0.816. The molecule has 1 aromatic rings. The Bertz CT molecular complexity index is 418. The Hall–Kier alpha value is -1.18. The van der Waals surface area contributed by atoms with Gasteiger partial charge in [0.1, 0.15) is 24.0 Å². The zero-order valence-electron chi connectivity index (χ0n) is 10.5. The molecule has 1 aromatic carbocycles. The van der Waals surface area contributed by atoms with Gasteiger partial charge in [-0.2, -0.15) is 5.26 Å². The van der Waals surface area contributed by atoms with Gasteiger partial charge >= 0.3 is 0 Å². The predicted octanol–water partition coefficient (Wildman–Crippen LogP) is 2.79. The third-order valence-corrected chi connectivity index (χ3v) is 2.94. The molecule has 0 aromatic heterocycles. The molecule has 0 radical (unpaired) electrons. The summed E-state index contributed by atoms with van der Waals surface area (Å²) in [6.07, 6.45) is 0. The summed E-state index contributed by atoms with van der Waals surface area (Å²) >= 11 is 1.64. The van der Waals surface area contributed by atoms with Crippen LogP contribution in [0.4, 0.5) is 0 Å². The predicted molar refractivity (Wildman–Crippen MR) is 71.3 cm³/mol. The lowest BCUT2D eigenvalue weighted by atomic mass is 10.1. The zero-order chi connectivity index (χ0) is 12.9. The standard InChI is InChI=1S/C13H18N2OS/c1-4-17-12-7-5-6-11(10(12)8-14)16-9-13(2,3)15/h5-7H,4,9,15H2,1-3H3. The van der Waals surface area contributed by atoms with E-state index in [-0.39, 0.29) is 0 Å². The minimum Gasteiger partial charge on any atom is -0.490 e. The maximum Gasteiger partial charge on any atom is 0.138 e. The Morgan fingerprint density at radius 1 is 1.47 bits per heavy atom. The summed E-state index contributed by atoms with van der Waals surface area (Å²) in [5, 5.41) is 9.18. The summed E-state index contributed by atoms with van der Waals surface area (Å²) < 4.78 is 5.62. The summed E-state index contributed by atoms with van der Waals surface area (Å²) in [6.45, 7) is 6.23. The molecule has 17 heavy (non-hydrogen) atoms. The van der Waals surface area contributed by atoms with Crippen molar-refractivity contribution in [3.63, 3.8) is 0 Å². The monoisotopic (exact) mass is 250 g/mol. The third-order valence-electron chi connectivity index (χ3n) is 2.00. The van der Waals surface area contributed by atoms with Crippen molar-refractivity contribution in [3.8, 4) is 11.8 Å². The largest absolute Gasteiger partial charge is 0.490 e. The first kappa shape index (κ1) is 13.9. The van der Waals surface area contributed by atoms with E-state index in [1.54, 1.807) is 11.8 Å². The first-order chi connectivity index (χ1) is 7.98. The molecule has 0 unspecified atom stereocenters. The fourth-order valence-electron chi connectivity index (χ4n) is 1.28. The summed E-state index contributed by atoms with van der Waals surface area (Å²) in [5.41, 5.74) is 6.06. The van der Waals surface area contributed by atoms with Crippen LogP contribution in [0.25, 0.3) is 0 Å². The van der Waals surface area contributed by atoms with Crippen molar-refractivity contribution < 1.29 is 4.74 Å². The first-order valence-electron chi connectivity index (χ1n) is 5.55. The van der Waals surface area contributed by atoms with Crippen LogP contribution in [-0.2, 0) is 0 Å². The highest BCUT2D eigenvalue weighted by Gasteiger charge is 2.14. The lowest BCUT2D eigenvalue weighted by Crippen LogP contribution is -2.38. The minimum absolute atomic E-state index is 0.391. The maximum absolute atomic E-state index is 9.18. The van der Waals surface area contributed by atoms with Crippen molar-refractivity contribution in [2.75, 3.05) is 12.4 Å². The summed E-state index contributed by atoms with van der Waals surface area (Å²) in [6, 6.07) is 7.85. The van der Waals surface area contributed by atoms with Gasteiger partial charge in [-0.25, -0.2) is 0 Å². The van der Waals surface area contributed by atoms with E-state index in [2.05, 4.69) is 13.0 Å². The first-order valence-corrected chi connectivity index (χ1v) is 6.54. The smallest absolute Gasteiger partial charge is 0.138 e. The molecule has 2 N–H and O–H groups in total. The Labute approximate surface area is 107 Å². The summed E-state index contributed by atoms with van der Waals surface area (Å²) in [7, 11) is 0. The van der Waals surface area contributed by atoms with Crippen LogP contribution in [0.3, 0.4) is 0 Å². The highest BCUT2D eigenvalue weighted by molar-refractivity contribution is 7.99. The van der Waals surface area contributed by atoms with Crippen molar-refractivity contribution in [2.24, 2.45) is 5.73 Å². The average Bonchev–Trinajstić information content (AvgIpc) is 2.26. The molecule has 0 aliphatic heterocycles. The minimum atomic E-state index is -0.402. The van der Waals surface area contributed by atoms with Crippen LogP contribution >= 0.6 is 11.8 Å². The van der Waals surface area contributed by atoms with Crippen molar-refractivity contribution >= 4 is 11.8 Å². The van der Waals surface area contributed by atoms with E-state index in [9.17, 15) is 5.26 Å². The van der Waals surface area contributed by atoms with Gasteiger partial charge in [-0.15, -0.1) is 11.8 Å². The van der Waals surface area contributed by atoms with Gasteiger partial charge in [0.15, 0.2) is 0 Å². The Morgan fingerprint density at radius 2 is 2.18 bits per heavy atom. The van der Waals surface area contributed by atoms with Gasteiger partial charge < -0.3 is 10.5 Å². The van der Waals surface area contributed by atoms with E-state index in [0.717, 1.165) is 10.6 Å². The van der Waals surface area contributed by atoms with Crippen LogP contribution < -0.4 is 10.5 Å². The fraction of sp³-hybridized carbons (Fsp3) is 0.462. The van der Waals surface area contributed by atoms with Gasteiger partial charge in [0.25, 0.3) is 0 Å². The number of ether oxygens (including phenoxy) is 1. The van der Waals surface area contributed by atoms with E-state index >= 15 is 0 Å². The second-order valence-electron chi connectivity index (χ2n) is 4.45. The van der Waals surface area contributed by atoms with Crippen molar-refractivity contribution in [3.05, 3.63) is 23.8 Å². The molecule has 0 aliphatic carbocycles. The highest BCUT2D eigenvalue weighted by Crippen LogP contribution is 2.29. The van der Waals surface area contributed by atoms with Gasteiger partial charge in [0.2, 0.25) is 0 Å². The SMILES string of the molecule is CCSc1cccc(OCC(C)(C)N)c1C#N. The maximum atomic E-state index is 9.18. The second kappa shape index (κ2) is 5.95. The van der Waals surface area contributed by atoms with Crippen molar-refractivity contribution in [2.45, 2.75) is 31.2 Å². The Kier molecular flexibility index (Phi) is 4.86. The molecule has 0 spiro atoms. The van der Waals surface area contributed by atoms with Gasteiger partial charge in [-0.1, -0.05) is 13.0 Å². The van der Waals surface area contributed by atoms with Crippen molar-refractivity contribution in [1.29, 1.82) is 5.26 Å². The molecular weight excluding hydrogens is 232 g/mol. The van der Waals surface area contributed by atoms with Crippen LogP contribution in [0, 0.1) is 11.3 Å². The van der Waals surface area contributed by atoms with E-state index in [0.29, 0.717) is 17.9 Å². The van der Waals surface area contributed by atoms with Crippen LogP contribution in [-0.4, -0.2) is 17.9 Å². The fourth-order valence-corrected chi connectivity index (χ4v) is 2.06. The molecule has 0 atom stereocenters. The number of nitrogens with zero attached hydrogens (tertiary/aromatic N) is 1. The topological polar surface area (TPSA) is 59.0 Å². The third kappa shape index (κ3) is 4.29. The average molecular weight is 250 g/mol. The zero-order valence-corrected chi connectivity index (χ0v) is 11.3. The van der Waals surface area contributed by atoms with Crippen LogP contribution in [0.2, 0.25) is 0 Å². The van der Waals surface area contributed by atoms with E-state index in [1.165, 1.54) is 0 Å². The van der Waals surface area contributed by atoms with E-state index in [4.69, 9.17) is 10.5 Å². The van der Waals surface area contributed by atoms with Crippen LogP contribution in [0.5, 0.6) is 5.75 Å². The normalized spacial score (nSPS) is 11.0. The molecule has 4 heteroatoms.